The van der Waals surface area contributed by atoms with Crippen LogP contribution in [0.1, 0.15) is 16.8 Å². The number of pyridine rings is 1. The summed E-state index contributed by atoms with van der Waals surface area (Å²) in [6.07, 6.45) is 2.27. The van der Waals surface area contributed by atoms with Gasteiger partial charge in [0.15, 0.2) is 5.78 Å². The summed E-state index contributed by atoms with van der Waals surface area (Å²) in [5.74, 6) is 0.158. The average molecular weight is 276 g/mol. The number of nitrogens with zero attached hydrogens (tertiary/aromatic N) is 1. The van der Waals surface area contributed by atoms with Gasteiger partial charge in [-0.1, -0.05) is 36.4 Å². The second kappa shape index (κ2) is 6.18. The highest BCUT2D eigenvalue weighted by atomic mass is 16.1. The number of ketones is 1. The summed E-state index contributed by atoms with van der Waals surface area (Å²) in [6, 6.07) is 19.4. The van der Waals surface area contributed by atoms with Crippen molar-refractivity contribution in [1.29, 1.82) is 0 Å². The van der Waals surface area contributed by atoms with Gasteiger partial charge in [0.2, 0.25) is 0 Å². The molecule has 0 saturated carbocycles. The molecule has 104 valence electrons. The van der Waals surface area contributed by atoms with Gasteiger partial charge in [-0.2, -0.15) is 0 Å². The molecule has 3 heteroatoms. The summed E-state index contributed by atoms with van der Waals surface area (Å²) >= 11 is 0. The summed E-state index contributed by atoms with van der Waals surface area (Å²) in [7, 11) is 0. The van der Waals surface area contributed by atoms with Gasteiger partial charge in [-0.3, -0.25) is 9.78 Å². The van der Waals surface area contributed by atoms with Crippen LogP contribution in [-0.4, -0.2) is 17.3 Å². The summed E-state index contributed by atoms with van der Waals surface area (Å²) in [5.41, 5.74) is 2.75. The number of benzene rings is 2. The molecule has 1 heterocycles. The van der Waals surface area contributed by atoms with Crippen LogP contribution in [0.2, 0.25) is 0 Å². The summed E-state index contributed by atoms with van der Waals surface area (Å²) in [4.78, 5) is 16.3. The smallest absolute Gasteiger partial charge is 0.164 e. The zero-order valence-electron chi connectivity index (χ0n) is 11.6. The Morgan fingerprint density at radius 2 is 1.86 bits per heavy atom. The Hall–Kier alpha value is -2.68. The summed E-state index contributed by atoms with van der Waals surface area (Å²) < 4.78 is 0. The van der Waals surface area contributed by atoms with Crippen molar-refractivity contribution >= 4 is 22.4 Å². The van der Waals surface area contributed by atoms with E-state index in [-0.39, 0.29) is 5.78 Å². The number of hydrogen-bond donors (Lipinski definition) is 1. The number of hydrogen-bond acceptors (Lipinski definition) is 3. The van der Waals surface area contributed by atoms with Crippen molar-refractivity contribution < 1.29 is 4.79 Å². The average Bonchev–Trinajstić information content (AvgIpc) is 2.55. The van der Waals surface area contributed by atoms with E-state index in [1.54, 1.807) is 6.20 Å². The third kappa shape index (κ3) is 3.26. The van der Waals surface area contributed by atoms with Gasteiger partial charge in [-0.25, -0.2) is 0 Å². The summed E-state index contributed by atoms with van der Waals surface area (Å²) in [6.45, 7) is 0.625. The molecule has 0 unspecified atom stereocenters. The van der Waals surface area contributed by atoms with Crippen LogP contribution in [-0.2, 0) is 0 Å². The predicted molar refractivity (Wildman–Crippen MR) is 85.6 cm³/mol. The molecule has 0 saturated heterocycles. The normalized spacial score (nSPS) is 10.5. The van der Waals surface area contributed by atoms with Crippen LogP contribution in [0.15, 0.2) is 66.9 Å². The molecule has 0 radical (unpaired) electrons. The SMILES string of the molecule is O=C(CCNc1ccc2ncccc2c1)c1ccccc1. The Kier molecular flexibility index (Phi) is 3.92. The molecule has 1 aromatic heterocycles. The quantitative estimate of drug-likeness (QED) is 0.718. The third-order valence-electron chi connectivity index (χ3n) is 3.38. The molecular formula is C18H16N2O. The van der Waals surface area contributed by atoms with Crippen molar-refractivity contribution in [2.75, 3.05) is 11.9 Å². The van der Waals surface area contributed by atoms with Crippen LogP contribution in [0.3, 0.4) is 0 Å². The van der Waals surface area contributed by atoms with Crippen LogP contribution >= 0.6 is 0 Å². The monoisotopic (exact) mass is 276 g/mol. The van der Waals surface area contributed by atoms with E-state index in [2.05, 4.69) is 16.4 Å². The van der Waals surface area contributed by atoms with Crippen LogP contribution < -0.4 is 5.32 Å². The van der Waals surface area contributed by atoms with Crippen molar-refractivity contribution in [1.82, 2.24) is 4.98 Å². The highest BCUT2D eigenvalue weighted by Gasteiger charge is 2.04. The lowest BCUT2D eigenvalue weighted by Gasteiger charge is -2.07. The van der Waals surface area contributed by atoms with E-state index < -0.39 is 0 Å². The fraction of sp³-hybridized carbons (Fsp3) is 0.111. The number of Topliss-reactive ketones (excluding diaryl/α,β-unsaturated/α-hetero) is 1. The first-order valence-corrected chi connectivity index (χ1v) is 7.00. The van der Waals surface area contributed by atoms with Gasteiger partial charge in [-0.05, 0) is 24.3 Å². The van der Waals surface area contributed by atoms with Crippen LogP contribution in [0.5, 0.6) is 0 Å². The first-order chi connectivity index (χ1) is 10.3. The number of rotatable bonds is 5. The van der Waals surface area contributed by atoms with E-state index in [4.69, 9.17) is 0 Å². The van der Waals surface area contributed by atoms with E-state index in [0.29, 0.717) is 13.0 Å². The maximum absolute atomic E-state index is 12.0. The third-order valence-corrected chi connectivity index (χ3v) is 3.38. The van der Waals surface area contributed by atoms with Gasteiger partial charge in [0, 0.05) is 35.8 Å². The van der Waals surface area contributed by atoms with Gasteiger partial charge in [0.1, 0.15) is 0 Å². The van der Waals surface area contributed by atoms with Crippen molar-refractivity contribution in [3.05, 3.63) is 72.4 Å². The highest BCUT2D eigenvalue weighted by Crippen LogP contribution is 2.17. The molecule has 0 bridgehead atoms. The van der Waals surface area contributed by atoms with Crippen LogP contribution in [0.4, 0.5) is 5.69 Å². The number of carbonyl (C=O) groups is 1. The fourth-order valence-corrected chi connectivity index (χ4v) is 2.27. The van der Waals surface area contributed by atoms with Gasteiger partial charge in [0.25, 0.3) is 0 Å². The topological polar surface area (TPSA) is 42.0 Å². The molecule has 0 aliphatic carbocycles. The largest absolute Gasteiger partial charge is 0.385 e. The van der Waals surface area contributed by atoms with E-state index in [0.717, 1.165) is 22.2 Å². The number of fused-ring (bicyclic) bond motifs is 1. The molecule has 21 heavy (non-hydrogen) atoms. The Labute approximate surface area is 123 Å². The van der Waals surface area contributed by atoms with Crippen molar-refractivity contribution in [2.45, 2.75) is 6.42 Å². The molecule has 0 atom stereocenters. The lowest BCUT2D eigenvalue weighted by molar-refractivity contribution is 0.0986. The maximum Gasteiger partial charge on any atom is 0.164 e. The van der Waals surface area contributed by atoms with Crippen molar-refractivity contribution in [3.8, 4) is 0 Å². The molecule has 0 amide bonds. The van der Waals surface area contributed by atoms with E-state index in [1.807, 2.05) is 54.6 Å². The number of anilines is 1. The molecule has 3 aromatic rings. The van der Waals surface area contributed by atoms with Crippen molar-refractivity contribution in [3.63, 3.8) is 0 Å². The van der Waals surface area contributed by atoms with Gasteiger partial charge in [0.05, 0.1) is 5.52 Å². The van der Waals surface area contributed by atoms with Gasteiger partial charge < -0.3 is 5.32 Å². The zero-order valence-corrected chi connectivity index (χ0v) is 11.6. The minimum Gasteiger partial charge on any atom is -0.385 e. The van der Waals surface area contributed by atoms with E-state index in [1.165, 1.54) is 0 Å². The van der Waals surface area contributed by atoms with Gasteiger partial charge in [-0.15, -0.1) is 0 Å². The number of carbonyl (C=O) groups excluding carboxylic acids is 1. The molecule has 0 aliphatic rings. The van der Waals surface area contributed by atoms with Gasteiger partial charge >= 0.3 is 0 Å². The molecule has 2 aromatic carbocycles. The molecule has 0 spiro atoms. The van der Waals surface area contributed by atoms with Crippen molar-refractivity contribution in [2.24, 2.45) is 0 Å². The Morgan fingerprint density at radius 3 is 2.71 bits per heavy atom. The molecule has 1 N–H and O–H groups in total. The highest BCUT2D eigenvalue weighted by molar-refractivity contribution is 5.96. The molecule has 3 rings (SSSR count). The molecule has 3 nitrogen and oxygen atoms in total. The standard InChI is InChI=1S/C18H16N2O/c21-18(14-5-2-1-3-6-14)10-12-19-16-8-9-17-15(13-16)7-4-11-20-17/h1-9,11,13,19H,10,12H2. The maximum atomic E-state index is 12.0. The van der Waals surface area contributed by atoms with E-state index >= 15 is 0 Å². The first-order valence-electron chi connectivity index (χ1n) is 7.00. The Morgan fingerprint density at radius 1 is 1.00 bits per heavy atom. The minimum absolute atomic E-state index is 0.158. The van der Waals surface area contributed by atoms with E-state index in [9.17, 15) is 4.79 Å². The zero-order chi connectivity index (χ0) is 14.5. The Balaban J connectivity index is 1.60. The lowest BCUT2D eigenvalue weighted by Crippen LogP contribution is -2.08. The van der Waals surface area contributed by atoms with Crippen LogP contribution in [0.25, 0.3) is 10.9 Å². The van der Waals surface area contributed by atoms with Crippen LogP contribution in [0, 0.1) is 0 Å². The first kappa shape index (κ1) is 13.3. The lowest BCUT2D eigenvalue weighted by atomic mass is 10.1. The molecule has 0 fully saturated rings. The second-order valence-corrected chi connectivity index (χ2v) is 4.88. The fourth-order valence-electron chi connectivity index (χ4n) is 2.27. The predicted octanol–water partition coefficient (Wildman–Crippen LogP) is 3.92. The minimum atomic E-state index is 0.158. The molecular weight excluding hydrogens is 260 g/mol. The second-order valence-electron chi connectivity index (χ2n) is 4.88. The number of aromatic nitrogens is 1. The Bertz CT molecular complexity index is 753. The number of nitrogens with one attached hydrogen (secondary N) is 1. The summed E-state index contributed by atoms with van der Waals surface area (Å²) in [5, 5.41) is 4.38. The molecule has 0 aliphatic heterocycles.